The Labute approximate surface area is 54.7 Å². The third-order valence-corrected chi connectivity index (χ3v) is 1.52. The van der Waals surface area contributed by atoms with Gasteiger partial charge >= 0.3 is 0 Å². The minimum atomic E-state index is 0.941. The van der Waals surface area contributed by atoms with Crippen molar-refractivity contribution in [1.82, 2.24) is 0 Å². The van der Waals surface area contributed by atoms with Gasteiger partial charge < -0.3 is 5.32 Å². The number of anilines is 1. The Hall–Kier alpha value is -0.980. The summed E-state index contributed by atoms with van der Waals surface area (Å²) in [5.74, 6) is 0. The average molecular weight is 117 g/mol. The zero-order valence-corrected chi connectivity index (χ0v) is 5.02. The van der Waals surface area contributed by atoms with E-state index in [2.05, 4.69) is 24.0 Å². The maximum Gasteiger partial charge on any atom is 0.0928 e. The molecule has 1 nitrogen and oxygen atoms in total. The van der Waals surface area contributed by atoms with Crippen LogP contribution in [0.15, 0.2) is 24.3 Å². The second-order valence-corrected chi connectivity index (χ2v) is 2.14. The SMILES string of the molecule is [C]1Cc2ccccc2N1. The Morgan fingerprint density at radius 1 is 1.33 bits per heavy atom. The minimum absolute atomic E-state index is 0.941. The molecule has 0 amide bonds. The van der Waals surface area contributed by atoms with Crippen molar-refractivity contribution >= 4 is 5.69 Å². The molecule has 1 N–H and O–H groups in total. The van der Waals surface area contributed by atoms with E-state index in [0.717, 1.165) is 6.42 Å². The van der Waals surface area contributed by atoms with Gasteiger partial charge in [0, 0.05) is 12.1 Å². The van der Waals surface area contributed by atoms with E-state index in [4.69, 9.17) is 0 Å². The van der Waals surface area contributed by atoms with Gasteiger partial charge in [-0.25, -0.2) is 0 Å². The second-order valence-electron chi connectivity index (χ2n) is 2.14. The van der Waals surface area contributed by atoms with E-state index in [1.807, 2.05) is 12.1 Å². The molecule has 0 bridgehead atoms. The zero-order valence-electron chi connectivity index (χ0n) is 5.02. The first-order valence-electron chi connectivity index (χ1n) is 3.03. The summed E-state index contributed by atoms with van der Waals surface area (Å²) in [6.07, 6.45) is 0.941. The molecule has 9 heavy (non-hydrogen) atoms. The number of para-hydroxylation sites is 1. The Balaban J connectivity index is 2.54. The summed E-state index contributed by atoms with van der Waals surface area (Å²) in [5, 5.41) is 3.05. The lowest BCUT2D eigenvalue weighted by molar-refractivity contribution is 1.25. The van der Waals surface area contributed by atoms with Crippen molar-refractivity contribution < 1.29 is 0 Å². The lowest BCUT2D eigenvalue weighted by Gasteiger charge is -1.94. The molecule has 1 aliphatic rings. The summed E-state index contributed by atoms with van der Waals surface area (Å²) in [6.45, 7) is 3.04. The van der Waals surface area contributed by atoms with E-state index in [1.54, 1.807) is 0 Å². The lowest BCUT2D eigenvalue weighted by Crippen LogP contribution is -1.82. The van der Waals surface area contributed by atoms with Crippen LogP contribution in [-0.4, -0.2) is 0 Å². The monoisotopic (exact) mass is 117 g/mol. The molecular weight excluding hydrogens is 110 g/mol. The Bertz CT molecular complexity index is 195. The largest absolute Gasteiger partial charge is 0.374 e. The maximum atomic E-state index is 3.05. The van der Waals surface area contributed by atoms with Gasteiger partial charge in [0.1, 0.15) is 0 Å². The third-order valence-electron chi connectivity index (χ3n) is 1.52. The van der Waals surface area contributed by atoms with Gasteiger partial charge in [0.25, 0.3) is 0 Å². The lowest BCUT2D eigenvalue weighted by atomic mass is 10.2. The topological polar surface area (TPSA) is 12.0 Å². The molecule has 0 fully saturated rings. The van der Waals surface area contributed by atoms with Gasteiger partial charge in [0.2, 0.25) is 0 Å². The zero-order chi connectivity index (χ0) is 6.10. The molecule has 1 heterocycles. The van der Waals surface area contributed by atoms with Gasteiger partial charge in [-0.1, -0.05) is 18.2 Å². The molecule has 0 aliphatic carbocycles. The molecule has 0 unspecified atom stereocenters. The van der Waals surface area contributed by atoms with Crippen LogP contribution in [0.3, 0.4) is 0 Å². The van der Waals surface area contributed by atoms with Crippen molar-refractivity contribution in [3.8, 4) is 0 Å². The predicted octanol–water partition coefficient (Wildman–Crippen LogP) is 1.69. The number of rotatable bonds is 0. The van der Waals surface area contributed by atoms with Gasteiger partial charge in [0.05, 0.1) is 6.54 Å². The van der Waals surface area contributed by atoms with Crippen molar-refractivity contribution in [2.24, 2.45) is 0 Å². The van der Waals surface area contributed by atoms with Crippen molar-refractivity contribution in [2.75, 3.05) is 5.32 Å². The Kier molecular flexibility index (Phi) is 0.950. The van der Waals surface area contributed by atoms with E-state index in [0.29, 0.717) is 0 Å². The summed E-state index contributed by atoms with van der Waals surface area (Å²) >= 11 is 0. The number of hydrogen-bond acceptors (Lipinski definition) is 1. The highest BCUT2D eigenvalue weighted by molar-refractivity contribution is 5.57. The first-order chi connectivity index (χ1) is 4.47. The van der Waals surface area contributed by atoms with Crippen LogP contribution in [0.1, 0.15) is 5.56 Å². The molecule has 0 spiro atoms. The van der Waals surface area contributed by atoms with Crippen molar-refractivity contribution in [1.29, 1.82) is 0 Å². The van der Waals surface area contributed by atoms with Crippen molar-refractivity contribution in [3.63, 3.8) is 0 Å². The van der Waals surface area contributed by atoms with Gasteiger partial charge in [-0.05, 0) is 11.6 Å². The molecule has 1 aromatic rings. The van der Waals surface area contributed by atoms with Crippen LogP contribution in [0.25, 0.3) is 0 Å². The highest BCUT2D eigenvalue weighted by atomic mass is 14.9. The summed E-state index contributed by atoms with van der Waals surface area (Å²) in [6, 6.07) is 8.25. The number of hydrogen-bond donors (Lipinski definition) is 1. The van der Waals surface area contributed by atoms with Crippen LogP contribution < -0.4 is 5.32 Å². The first kappa shape index (κ1) is 4.86. The molecule has 1 heteroatoms. The molecule has 0 atom stereocenters. The highest BCUT2D eigenvalue weighted by Gasteiger charge is 2.07. The number of nitrogens with one attached hydrogen (secondary N) is 1. The van der Waals surface area contributed by atoms with E-state index in [9.17, 15) is 0 Å². The second kappa shape index (κ2) is 1.76. The van der Waals surface area contributed by atoms with Gasteiger partial charge in [-0.3, -0.25) is 0 Å². The maximum absolute atomic E-state index is 3.05. The van der Waals surface area contributed by atoms with Crippen molar-refractivity contribution in [3.05, 3.63) is 36.4 Å². The van der Waals surface area contributed by atoms with Crippen LogP contribution >= 0.6 is 0 Å². The van der Waals surface area contributed by atoms with E-state index in [-0.39, 0.29) is 0 Å². The normalized spacial score (nSPS) is 14.7. The summed E-state index contributed by atoms with van der Waals surface area (Å²) in [4.78, 5) is 0. The Morgan fingerprint density at radius 2 is 2.22 bits per heavy atom. The quantitative estimate of drug-likeness (QED) is 0.545. The van der Waals surface area contributed by atoms with Crippen LogP contribution in [0, 0.1) is 6.54 Å². The molecule has 0 aromatic heterocycles. The number of fused-ring (bicyclic) bond motifs is 1. The fraction of sp³-hybridized carbons (Fsp3) is 0.125. The fourth-order valence-corrected chi connectivity index (χ4v) is 1.03. The molecule has 44 valence electrons. The smallest absolute Gasteiger partial charge is 0.0928 e. The van der Waals surface area contributed by atoms with E-state index in [1.165, 1.54) is 11.3 Å². The highest BCUT2D eigenvalue weighted by Crippen LogP contribution is 2.22. The van der Waals surface area contributed by atoms with Crippen LogP contribution in [0.2, 0.25) is 0 Å². The summed E-state index contributed by atoms with van der Waals surface area (Å²) < 4.78 is 0. The molecule has 1 aromatic carbocycles. The van der Waals surface area contributed by atoms with Gasteiger partial charge in [0.15, 0.2) is 0 Å². The fourth-order valence-electron chi connectivity index (χ4n) is 1.03. The molecule has 0 saturated heterocycles. The summed E-state index contributed by atoms with van der Waals surface area (Å²) in [5.41, 5.74) is 2.55. The number of benzene rings is 1. The first-order valence-corrected chi connectivity index (χ1v) is 3.03. The Morgan fingerprint density at radius 3 is 3.11 bits per heavy atom. The van der Waals surface area contributed by atoms with Crippen LogP contribution in [-0.2, 0) is 6.42 Å². The minimum Gasteiger partial charge on any atom is -0.374 e. The van der Waals surface area contributed by atoms with E-state index >= 15 is 0 Å². The molecular formula is C8H7N. The standard InChI is InChI=1S/C8H7N/c1-2-4-8-7(3-1)5-6-9-8/h1-4,9H,5H2. The van der Waals surface area contributed by atoms with Crippen LogP contribution in [0.5, 0.6) is 0 Å². The molecule has 2 rings (SSSR count). The molecule has 2 radical (unpaired) electrons. The average Bonchev–Trinajstić information content (AvgIpc) is 2.33. The third kappa shape index (κ3) is 0.689. The van der Waals surface area contributed by atoms with E-state index < -0.39 is 0 Å². The molecule has 1 aliphatic heterocycles. The van der Waals surface area contributed by atoms with Crippen LogP contribution in [0.4, 0.5) is 5.69 Å². The summed E-state index contributed by atoms with van der Waals surface area (Å²) in [7, 11) is 0. The molecule has 0 saturated carbocycles. The predicted molar refractivity (Wildman–Crippen MR) is 37.0 cm³/mol. The van der Waals surface area contributed by atoms with Crippen molar-refractivity contribution in [2.45, 2.75) is 6.42 Å². The van der Waals surface area contributed by atoms with Gasteiger partial charge in [-0.2, -0.15) is 0 Å². The van der Waals surface area contributed by atoms with Gasteiger partial charge in [-0.15, -0.1) is 0 Å².